The van der Waals surface area contributed by atoms with Gasteiger partial charge in [0.15, 0.2) is 5.13 Å². The van der Waals surface area contributed by atoms with Gasteiger partial charge in [-0.3, -0.25) is 4.79 Å². The lowest BCUT2D eigenvalue weighted by Gasteiger charge is -2.35. The minimum absolute atomic E-state index is 0.325. The third-order valence-electron chi connectivity index (χ3n) is 3.97. The van der Waals surface area contributed by atoms with E-state index in [1.54, 1.807) is 17.4 Å². The van der Waals surface area contributed by atoms with Crippen LogP contribution in [0.4, 0.5) is 10.9 Å². The molecule has 0 aromatic carbocycles. The molecule has 6 nitrogen and oxygen atoms in total. The molecule has 23 heavy (non-hydrogen) atoms. The number of halogens is 1. The van der Waals surface area contributed by atoms with Gasteiger partial charge in [0.25, 0.3) is 0 Å². The number of pyridine rings is 1. The Kier molecular flexibility index (Phi) is 4.41. The van der Waals surface area contributed by atoms with Gasteiger partial charge < -0.3 is 15.5 Å². The predicted molar refractivity (Wildman–Crippen MR) is 93.8 cm³/mol. The number of amides is 1. The quantitative estimate of drug-likeness (QED) is 0.917. The highest BCUT2D eigenvalue weighted by molar-refractivity contribution is 7.15. The second-order valence-corrected chi connectivity index (χ2v) is 7.09. The number of anilines is 2. The van der Waals surface area contributed by atoms with Gasteiger partial charge >= 0.3 is 0 Å². The van der Waals surface area contributed by atoms with E-state index in [2.05, 4.69) is 26.7 Å². The third-order valence-corrected chi connectivity index (χ3v) is 5.39. The van der Waals surface area contributed by atoms with Gasteiger partial charge in [0.2, 0.25) is 5.91 Å². The summed E-state index contributed by atoms with van der Waals surface area (Å²) in [4.78, 5) is 25.7. The average molecular weight is 352 g/mol. The summed E-state index contributed by atoms with van der Waals surface area (Å²) in [5.41, 5.74) is 6.67. The normalized spacial score (nSPS) is 15.1. The fourth-order valence-electron chi connectivity index (χ4n) is 2.50. The van der Waals surface area contributed by atoms with Crippen LogP contribution in [0.3, 0.4) is 0 Å². The van der Waals surface area contributed by atoms with Crippen molar-refractivity contribution in [1.82, 2.24) is 9.97 Å². The zero-order chi connectivity index (χ0) is 16.6. The molecule has 1 aliphatic rings. The van der Waals surface area contributed by atoms with Crippen LogP contribution in [0.2, 0.25) is 5.02 Å². The van der Waals surface area contributed by atoms with Gasteiger partial charge in [-0.1, -0.05) is 11.6 Å². The molecule has 1 amide bonds. The largest absolute Gasteiger partial charge is 0.366 e. The van der Waals surface area contributed by atoms with E-state index >= 15 is 0 Å². The van der Waals surface area contributed by atoms with Gasteiger partial charge in [-0.25, -0.2) is 9.97 Å². The van der Waals surface area contributed by atoms with Crippen LogP contribution in [0.1, 0.15) is 20.9 Å². The minimum atomic E-state index is -0.523. The zero-order valence-electron chi connectivity index (χ0n) is 13.0. The summed E-state index contributed by atoms with van der Waals surface area (Å²) < 4.78 is 0. The highest BCUT2D eigenvalue weighted by Crippen LogP contribution is 2.29. The summed E-state index contributed by atoms with van der Waals surface area (Å²) in [6.07, 6.45) is 1.48. The number of carbonyl (C=O) groups is 1. The summed E-state index contributed by atoms with van der Waals surface area (Å²) in [5, 5.41) is 1.53. The molecule has 3 heterocycles. The molecule has 0 atom stereocenters. The first-order valence-electron chi connectivity index (χ1n) is 7.35. The number of hydrogen-bond donors (Lipinski definition) is 1. The molecule has 0 aliphatic carbocycles. The molecule has 2 aromatic rings. The lowest BCUT2D eigenvalue weighted by Crippen LogP contribution is -2.47. The van der Waals surface area contributed by atoms with E-state index in [9.17, 15) is 4.79 Å². The molecule has 0 saturated carbocycles. The number of aromatic nitrogens is 2. The average Bonchev–Trinajstić information content (AvgIpc) is 2.87. The second-order valence-electron chi connectivity index (χ2n) is 5.51. The maximum Gasteiger partial charge on any atom is 0.250 e. The molecule has 1 saturated heterocycles. The maximum absolute atomic E-state index is 11.2. The summed E-state index contributed by atoms with van der Waals surface area (Å²) in [6.45, 7) is 7.47. The Morgan fingerprint density at radius 2 is 1.91 bits per heavy atom. The van der Waals surface area contributed by atoms with E-state index in [0.717, 1.165) is 37.0 Å². The Balaban J connectivity index is 1.70. The Hall–Kier alpha value is -1.86. The van der Waals surface area contributed by atoms with Crippen molar-refractivity contribution in [2.75, 3.05) is 36.0 Å². The fourth-order valence-corrected chi connectivity index (χ4v) is 3.75. The Morgan fingerprint density at radius 3 is 2.43 bits per heavy atom. The molecular formula is C15H18ClN5OS. The van der Waals surface area contributed by atoms with Crippen LogP contribution in [-0.2, 0) is 0 Å². The van der Waals surface area contributed by atoms with Crippen LogP contribution in [0, 0.1) is 13.8 Å². The highest BCUT2D eigenvalue weighted by atomic mass is 35.5. The number of hydrogen-bond acceptors (Lipinski definition) is 6. The monoisotopic (exact) mass is 351 g/mol. The lowest BCUT2D eigenvalue weighted by atomic mass is 10.2. The summed E-state index contributed by atoms with van der Waals surface area (Å²) in [7, 11) is 0. The number of nitrogens with two attached hydrogens (primary N) is 1. The van der Waals surface area contributed by atoms with Crippen LogP contribution >= 0.6 is 22.9 Å². The van der Waals surface area contributed by atoms with E-state index in [0.29, 0.717) is 16.4 Å². The van der Waals surface area contributed by atoms with Crippen molar-refractivity contribution in [2.24, 2.45) is 5.73 Å². The second kappa shape index (κ2) is 6.33. The van der Waals surface area contributed by atoms with Crippen LogP contribution < -0.4 is 15.5 Å². The fraction of sp³-hybridized carbons (Fsp3) is 0.400. The molecule has 2 N–H and O–H groups in total. The number of carbonyl (C=O) groups excluding carboxylic acids is 1. The van der Waals surface area contributed by atoms with Gasteiger partial charge in [-0.15, -0.1) is 11.3 Å². The van der Waals surface area contributed by atoms with E-state index in [4.69, 9.17) is 17.3 Å². The maximum atomic E-state index is 11.2. The van der Waals surface area contributed by atoms with Gasteiger partial charge in [0, 0.05) is 37.3 Å². The van der Waals surface area contributed by atoms with E-state index in [1.165, 1.54) is 11.1 Å². The smallest absolute Gasteiger partial charge is 0.250 e. The highest BCUT2D eigenvalue weighted by Gasteiger charge is 2.22. The molecule has 0 unspecified atom stereocenters. The molecule has 3 rings (SSSR count). The van der Waals surface area contributed by atoms with Crippen molar-refractivity contribution in [3.8, 4) is 0 Å². The van der Waals surface area contributed by atoms with Gasteiger partial charge in [-0.2, -0.15) is 0 Å². The van der Waals surface area contributed by atoms with Crippen molar-refractivity contribution >= 4 is 39.8 Å². The zero-order valence-corrected chi connectivity index (χ0v) is 14.6. The van der Waals surface area contributed by atoms with Crippen LogP contribution in [0.5, 0.6) is 0 Å². The first-order chi connectivity index (χ1) is 11.0. The van der Waals surface area contributed by atoms with Crippen LogP contribution in [0.15, 0.2) is 12.3 Å². The van der Waals surface area contributed by atoms with Crippen molar-refractivity contribution in [3.63, 3.8) is 0 Å². The van der Waals surface area contributed by atoms with Gasteiger partial charge in [0.05, 0.1) is 16.3 Å². The SMILES string of the molecule is Cc1nc(N2CCN(c3ncc(C(N)=O)cc3Cl)CC2)sc1C. The van der Waals surface area contributed by atoms with Crippen molar-refractivity contribution < 1.29 is 4.79 Å². The minimum Gasteiger partial charge on any atom is -0.366 e. The van der Waals surface area contributed by atoms with E-state index in [-0.39, 0.29) is 0 Å². The molecule has 122 valence electrons. The summed E-state index contributed by atoms with van der Waals surface area (Å²) in [5.74, 6) is 0.174. The number of nitrogens with zero attached hydrogens (tertiary/aromatic N) is 4. The molecular weight excluding hydrogens is 334 g/mol. The number of piperazine rings is 1. The van der Waals surface area contributed by atoms with Crippen molar-refractivity contribution in [3.05, 3.63) is 33.4 Å². The molecule has 1 fully saturated rings. The number of thiazole rings is 1. The van der Waals surface area contributed by atoms with E-state index in [1.807, 2.05) is 6.92 Å². The standard InChI is InChI=1S/C15H18ClN5OS/c1-9-10(2)23-15(19-9)21-5-3-20(4-6-21)14-12(16)7-11(8-18-14)13(17)22/h7-8H,3-6H2,1-2H3,(H2,17,22). The Morgan fingerprint density at radius 1 is 1.26 bits per heavy atom. The van der Waals surface area contributed by atoms with Crippen molar-refractivity contribution in [2.45, 2.75) is 13.8 Å². The molecule has 2 aromatic heterocycles. The van der Waals surface area contributed by atoms with Gasteiger partial charge in [0.1, 0.15) is 5.82 Å². The topological polar surface area (TPSA) is 75.3 Å². The number of aryl methyl sites for hydroxylation is 2. The third kappa shape index (κ3) is 3.25. The lowest BCUT2D eigenvalue weighted by molar-refractivity contribution is 0.1000. The molecule has 0 bridgehead atoms. The molecule has 0 spiro atoms. The number of primary amides is 1. The first-order valence-corrected chi connectivity index (χ1v) is 8.54. The van der Waals surface area contributed by atoms with Crippen LogP contribution in [-0.4, -0.2) is 42.1 Å². The number of rotatable bonds is 3. The predicted octanol–water partition coefficient (Wildman–Crippen LogP) is 2.23. The summed E-state index contributed by atoms with van der Waals surface area (Å²) >= 11 is 7.98. The Labute approximate surface area is 143 Å². The molecule has 8 heteroatoms. The van der Waals surface area contributed by atoms with E-state index < -0.39 is 5.91 Å². The molecule has 1 aliphatic heterocycles. The molecule has 0 radical (unpaired) electrons. The van der Waals surface area contributed by atoms with Crippen molar-refractivity contribution in [1.29, 1.82) is 0 Å². The Bertz CT molecular complexity index is 720. The van der Waals surface area contributed by atoms with Gasteiger partial charge in [-0.05, 0) is 19.9 Å². The first kappa shape index (κ1) is 16.0. The summed E-state index contributed by atoms with van der Waals surface area (Å²) in [6, 6.07) is 1.58. The van der Waals surface area contributed by atoms with Crippen LogP contribution in [0.25, 0.3) is 0 Å².